The number of halogens is 2. The molecule has 0 unspecified atom stereocenters. The molecule has 19 nitrogen and oxygen atoms in total. The van der Waals surface area contributed by atoms with Crippen molar-refractivity contribution >= 4 is 102 Å². The number of thiophene rings is 1. The molecule has 0 radical (unpaired) electrons. The molecule has 14 rings (SSSR count). The van der Waals surface area contributed by atoms with Crippen LogP contribution in [0.25, 0.3) is 77.4 Å². The van der Waals surface area contributed by atoms with E-state index in [0.29, 0.717) is 94.6 Å². The first-order chi connectivity index (χ1) is 41.7. The van der Waals surface area contributed by atoms with E-state index in [1.807, 2.05) is 139 Å². The van der Waals surface area contributed by atoms with Crippen LogP contribution in [0.3, 0.4) is 0 Å². The highest BCUT2D eigenvalue weighted by Crippen LogP contribution is 2.38. The Morgan fingerprint density at radius 1 is 0.565 bits per heavy atom. The number of fused-ring (bicyclic) bond motifs is 2. The molecule has 0 bridgehead atoms. The number of aromatic nitrogens is 11. The van der Waals surface area contributed by atoms with Crippen LogP contribution in [0.4, 0.5) is 34.4 Å². The number of carbonyl (C=O) groups excluding carboxylic acids is 2. The number of nitrogens with zero attached hydrogens (tertiary/aromatic N) is 11. The van der Waals surface area contributed by atoms with Gasteiger partial charge in [0.15, 0.2) is 11.6 Å². The monoisotopic (exact) mass is 1180 g/mol. The summed E-state index contributed by atoms with van der Waals surface area (Å²) in [4.78, 5) is 66.1. The minimum Gasteiger partial charge on any atom is -0.370 e. The number of pyridine rings is 2. The zero-order valence-corrected chi connectivity index (χ0v) is 47.6. The van der Waals surface area contributed by atoms with Crippen molar-refractivity contribution in [2.45, 2.75) is 18.9 Å². The van der Waals surface area contributed by atoms with Crippen LogP contribution in [0.2, 0.25) is 10.0 Å². The van der Waals surface area contributed by atoms with E-state index in [9.17, 15) is 9.59 Å². The summed E-state index contributed by atoms with van der Waals surface area (Å²) in [6.45, 7) is 3.47. The minimum absolute atomic E-state index is 0.0204. The Morgan fingerprint density at radius 3 is 1.80 bits per heavy atom. The van der Waals surface area contributed by atoms with Gasteiger partial charge in [-0.1, -0.05) is 71.7 Å². The molecule has 0 saturated carbocycles. The maximum atomic E-state index is 14.0. The summed E-state index contributed by atoms with van der Waals surface area (Å²) in [7, 11) is 0. The van der Waals surface area contributed by atoms with Crippen molar-refractivity contribution in [1.82, 2.24) is 65.5 Å². The summed E-state index contributed by atoms with van der Waals surface area (Å²) in [5.41, 5.74) is 11.7. The molecule has 8 aromatic heterocycles. The lowest BCUT2D eigenvalue weighted by molar-refractivity contribution is 0.0741. The molecule has 2 fully saturated rings. The molecule has 22 heteroatoms. The van der Waals surface area contributed by atoms with Gasteiger partial charge in [0.2, 0.25) is 0 Å². The molecule has 2 aliphatic heterocycles. The molecule has 2 aliphatic rings. The summed E-state index contributed by atoms with van der Waals surface area (Å²) >= 11 is 15.5. The Labute approximate surface area is 500 Å². The first-order valence-corrected chi connectivity index (χ1v) is 29.2. The highest BCUT2D eigenvalue weighted by molar-refractivity contribution is 7.20. The molecule has 0 atom stereocenters. The highest BCUT2D eigenvalue weighted by atomic mass is 35.5. The van der Waals surface area contributed by atoms with Gasteiger partial charge in [0.1, 0.15) is 23.0 Å². The lowest BCUT2D eigenvalue weighted by Crippen LogP contribution is -2.49. The van der Waals surface area contributed by atoms with Gasteiger partial charge in [-0.05, 0) is 102 Å². The second kappa shape index (κ2) is 23.0. The number of aromatic amines is 3. The van der Waals surface area contributed by atoms with Crippen molar-refractivity contribution in [3.8, 4) is 56.4 Å². The topological polar surface area (TPSA) is 230 Å². The zero-order valence-electron chi connectivity index (χ0n) is 45.3. The number of piperidine rings is 1. The highest BCUT2D eigenvalue weighted by Gasteiger charge is 2.28. The van der Waals surface area contributed by atoms with Crippen LogP contribution in [-0.4, -0.2) is 117 Å². The summed E-state index contributed by atoms with van der Waals surface area (Å²) in [6, 6.07) is 39.4. The summed E-state index contributed by atoms with van der Waals surface area (Å²) in [5.74, 6) is 2.29. The Bertz CT molecular complexity index is 4410. The Hall–Kier alpha value is -10.0. The van der Waals surface area contributed by atoms with Gasteiger partial charge in [0, 0.05) is 132 Å². The van der Waals surface area contributed by atoms with Gasteiger partial charge in [-0.25, -0.2) is 19.9 Å². The fourth-order valence-corrected chi connectivity index (χ4v) is 12.5. The van der Waals surface area contributed by atoms with Gasteiger partial charge in [0.25, 0.3) is 11.8 Å². The SMILES string of the molecule is O=C(NC1CCN(c2cc(-c3nccc(N4CCN(C(=O)c5cc6ccc(-c7nccc(Nc8ccc(-c9cn[nH]c9)cc8)n7)cc6[nH]5)CC4)c3Cl)ncc2Cl)CC1)c1cc2ccc(-c3nccc(Nc4ccc(-c5cn[nH]c5)cc4)n3)cc2s1. The van der Waals surface area contributed by atoms with Crippen molar-refractivity contribution in [2.75, 3.05) is 59.7 Å². The molecule has 2 amide bonds. The fraction of sp³-hybridized carbons (Fsp3) is 0.143. The summed E-state index contributed by atoms with van der Waals surface area (Å²) < 4.78 is 0.972. The van der Waals surface area contributed by atoms with E-state index in [0.717, 1.165) is 90.0 Å². The van der Waals surface area contributed by atoms with Crippen molar-refractivity contribution < 1.29 is 9.59 Å². The lowest BCUT2D eigenvalue weighted by atomic mass is 10.0. The van der Waals surface area contributed by atoms with Crippen molar-refractivity contribution in [2.24, 2.45) is 0 Å². The molecule has 85 heavy (non-hydrogen) atoms. The van der Waals surface area contributed by atoms with E-state index in [1.165, 1.54) is 11.3 Å². The molecule has 0 aliphatic carbocycles. The van der Waals surface area contributed by atoms with E-state index in [1.54, 1.807) is 37.2 Å². The number of anilines is 6. The Morgan fingerprint density at radius 2 is 1.16 bits per heavy atom. The number of hydrogen-bond acceptors (Lipinski definition) is 15. The molecule has 2 saturated heterocycles. The van der Waals surface area contributed by atoms with Crippen LogP contribution in [0.1, 0.15) is 33.0 Å². The normalized spacial score (nSPS) is 13.8. The van der Waals surface area contributed by atoms with E-state index in [4.69, 9.17) is 38.2 Å². The number of nitrogens with one attached hydrogen (secondary N) is 6. The molecule has 6 N–H and O–H groups in total. The molecule has 4 aromatic carbocycles. The van der Waals surface area contributed by atoms with E-state index in [2.05, 4.69) is 66.1 Å². The third-order valence-corrected chi connectivity index (χ3v) is 17.2. The zero-order chi connectivity index (χ0) is 57.4. The fourth-order valence-electron chi connectivity index (χ4n) is 10.9. The van der Waals surface area contributed by atoms with Gasteiger partial charge in [-0.2, -0.15) is 10.2 Å². The van der Waals surface area contributed by atoms with Crippen LogP contribution in [0.5, 0.6) is 0 Å². The first-order valence-electron chi connectivity index (χ1n) is 27.6. The lowest BCUT2D eigenvalue weighted by Gasteiger charge is -2.36. The van der Waals surface area contributed by atoms with Crippen LogP contribution in [0, 0.1) is 0 Å². The maximum absolute atomic E-state index is 14.0. The number of hydrogen-bond donors (Lipinski definition) is 6. The quantitative estimate of drug-likeness (QED) is 0.0595. The number of benzene rings is 4. The van der Waals surface area contributed by atoms with Gasteiger partial charge in [-0.15, -0.1) is 11.3 Å². The number of rotatable bonds is 14. The second-order valence-electron chi connectivity index (χ2n) is 20.8. The molecule has 0 spiro atoms. The second-order valence-corrected chi connectivity index (χ2v) is 22.7. The third kappa shape index (κ3) is 11.2. The average molecular weight is 1180 g/mol. The van der Waals surface area contributed by atoms with Crippen molar-refractivity contribution in [3.63, 3.8) is 0 Å². The minimum atomic E-state index is -0.0989. The predicted molar refractivity (Wildman–Crippen MR) is 335 cm³/mol. The largest absolute Gasteiger partial charge is 0.370 e. The number of amides is 2. The molecule has 12 aromatic rings. The molecule has 420 valence electrons. The Balaban J connectivity index is 0.576. The number of carbonyl (C=O) groups is 2. The average Bonchev–Trinajstić information content (AvgIpc) is 4.56. The van der Waals surface area contributed by atoms with Gasteiger partial charge < -0.3 is 35.6 Å². The van der Waals surface area contributed by atoms with E-state index < -0.39 is 0 Å². The van der Waals surface area contributed by atoms with Crippen molar-refractivity contribution in [3.05, 3.63) is 192 Å². The predicted octanol–water partition coefficient (Wildman–Crippen LogP) is 12.7. The van der Waals surface area contributed by atoms with E-state index >= 15 is 0 Å². The first kappa shape index (κ1) is 53.0. The van der Waals surface area contributed by atoms with Crippen LogP contribution < -0.4 is 25.8 Å². The van der Waals surface area contributed by atoms with Crippen LogP contribution >= 0.6 is 34.5 Å². The molecule has 10 heterocycles. The Kier molecular flexibility index (Phi) is 14.3. The number of piperazine rings is 1. The summed E-state index contributed by atoms with van der Waals surface area (Å²) in [5, 5.41) is 26.7. The van der Waals surface area contributed by atoms with Crippen LogP contribution in [-0.2, 0) is 0 Å². The standard InChI is InChI=1S/C63H51Cl2N17O2S/c64-48-36-69-50(31-53(48)80-21-16-47(17-22-80)76-62(83)55-29-40-2-4-42(30-54(40)85-55)61-68-20-15-57(79-61)75-46-11-7-38(8-12-46)44-34-72-73-35-44)59-58(65)52(13-18-66-59)81-23-25-82(26-24-81)63(84)51-27-39-1-3-41(28-49(39)77-51)60-67-19-14-56(78-60)74-45-9-5-37(6-10-45)43-32-70-71-33-43/h1-15,18-20,27-36,47,77H,16-17,21-26H2,(H,70,71)(H,72,73)(H,76,83)(H,67,74,78)(H,68,75,79). The van der Waals surface area contributed by atoms with Gasteiger partial charge in [0.05, 0.1) is 44.4 Å². The maximum Gasteiger partial charge on any atom is 0.270 e. The van der Waals surface area contributed by atoms with Crippen LogP contribution in [0.15, 0.2) is 171 Å². The van der Waals surface area contributed by atoms with E-state index in [-0.39, 0.29) is 17.9 Å². The van der Waals surface area contributed by atoms with Crippen molar-refractivity contribution in [1.29, 1.82) is 0 Å². The van der Waals surface area contributed by atoms with Gasteiger partial charge in [-0.3, -0.25) is 29.8 Å². The molecular weight excluding hydrogens is 1130 g/mol. The number of H-pyrrole nitrogens is 3. The molecular formula is C63H51Cl2N17O2S. The smallest absolute Gasteiger partial charge is 0.270 e. The third-order valence-electron chi connectivity index (χ3n) is 15.4. The van der Waals surface area contributed by atoms with Gasteiger partial charge >= 0.3 is 0 Å². The summed E-state index contributed by atoms with van der Waals surface area (Å²) in [6.07, 6.45) is 15.6.